The number of hydrogen-bond acceptors (Lipinski definition) is 1. The summed E-state index contributed by atoms with van der Waals surface area (Å²) in [6.07, 6.45) is 7.47. The zero-order valence-corrected chi connectivity index (χ0v) is 12.4. The molecule has 2 aromatic rings. The Morgan fingerprint density at radius 2 is 1.43 bits per heavy atom. The van der Waals surface area contributed by atoms with Crippen LogP contribution in [0.25, 0.3) is 11.8 Å². The van der Waals surface area contributed by atoms with Gasteiger partial charge < -0.3 is 4.90 Å². The van der Waals surface area contributed by atoms with E-state index in [4.69, 9.17) is 0 Å². The summed E-state index contributed by atoms with van der Waals surface area (Å²) in [5.74, 6) is 0. The van der Waals surface area contributed by atoms with Gasteiger partial charge in [0, 0.05) is 24.4 Å². The first-order valence-corrected chi connectivity index (χ1v) is 8.05. The summed E-state index contributed by atoms with van der Waals surface area (Å²) in [4.78, 5) is 2.59. The molecule has 0 saturated carbocycles. The minimum Gasteiger partial charge on any atom is -0.371 e. The van der Waals surface area contributed by atoms with Gasteiger partial charge in [-0.15, -0.1) is 0 Å². The second-order valence-corrected chi connectivity index (χ2v) is 6.11. The SMILES string of the molecule is C1=C(N2CCCCC2)c2ccccc2Cc2ccccc21. The molecule has 0 radical (unpaired) electrons. The first kappa shape index (κ1) is 12.7. The second kappa shape index (κ2) is 5.40. The minimum absolute atomic E-state index is 1.04. The molecule has 0 N–H and O–H groups in total. The molecule has 0 amide bonds. The predicted molar refractivity (Wildman–Crippen MR) is 89.0 cm³/mol. The normalized spacial score (nSPS) is 17.5. The molecule has 1 heteroatoms. The van der Waals surface area contributed by atoms with Crippen LogP contribution in [-0.4, -0.2) is 18.0 Å². The molecule has 2 aromatic carbocycles. The Morgan fingerprint density at radius 1 is 0.714 bits per heavy atom. The third-order valence-electron chi connectivity index (χ3n) is 4.72. The number of benzene rings is 2. The maximum absolute atomic E-state index is 2.59. The van der Waals surface area contributed by atoms with Crippen LogP contribution in [0, 0.1) is 0 Å². The Morgan fingerprint density at radius 3 is 2.29 bits per heavy atom. The van der Waals surface area contributed by atoms with E-state index in [0.717, 1.165) is 6.42 Å². The van der Waals surface area contributed by atoms with Crippen LogP contribution in [-0.2, 0) is 6.42 Å². The van der Waals surface area contributed by atoms with Crippen molar-refractivity contribution in [1.82, 2.24) is 4.90 Å². The van der Waals surface area contributed by atoms with Gasteiger partial charge in [0.1, 0.15) is 0 Å². The van der Waals surface area contributed by atoms with Crippen molar-refractivity contribution in [3.8, 4) is 0 Å². The summed E-state index contributed by atoms with van der Waals surface area (Å²) in [5, 5.41) is 0. The van der Waals surface area contributed by atoms with E-state index in [2.05, 4.69) is 59.5 Å². The molecule has 1 fully saturated rings. The predicted octanol–water partition coefficient (Wildman–Crippen LogP) is 4.57. The fourth-order valence-corrected chi connectivity index (χ4v) is 3.59. The zero-order valence-electron chi connectivity index (χ0n) is 12.4. The van der Waals surface area contributed by atoms with Gasteiger partial charge in [-0.3, -0.25) is 0 Å². The van der Waals surface area contributed by atoms with Crippen LogP contribution < -0.4 is 0 Å². The van der Waals surface area contributed by atoms with E-state index in [1.165, 1.54) is 60.3 Å². The van der Waals surface area contributed by atoms with Gasteiger partial charge in [0.2, 0.25) is 0 Å². The quantitative estimate of drug-likeness (QED) is 0.736. The summed E-state index contributed by atoms with van der Waals surface area (Å²) >= 11 is 0. The van der Waals surface area contributed by atoms with E-state index in [-0.39, 0.29) is 0 Å². The topological polar surface area (TPSA) is 3.24 Å². The van der Waals surface area contributed by atoms with Crippen LogP contribution in [0.1, 0.15) is 41.5 Å². The Kier molecular flexibility index (Phi) is 3.27. The number of hydrogen-bond donors (Lipinski definition) is 0. The Labute approximate surface area is 126 Å². The maximum atomic E-state index is 2.59. The maximum Gasteiger partial charge on any atom is 0.0448 e. The van der Waals surface area contributed by atoms with Crippen LogP contribution >= 0.6 is 0 Å². The molecule has 1 saturated heterocycles. The first-order chi connectivity index (χ1) is 10.4. The molecule has 1 nitrogen and oxygen atoms in total. The van der Waals surface area contributed by atoms with Crippen LogP contribution in [0.4, 0.5) is 0 Å². The van der Waals surface area contributed by atoms with Gasteiger partial charge in [-0.1, -0.05) is 48.5 Å². The van der Waals surface area contributed by atoms with Gasteiger partial charge >= 0.3 is 0 Å². The lowest BCUT2D eigenvalue weighted by Gasteiger charge is -2.31. The van der Waals surface area contributed by atoms with Crippen molar-refractivity contribution in [1.29, 1.82) is 0 Å². The molecule has 4 rings (SSSR count). The van der Waals surface area contributed by atoms with Gasteiger partial charge in [0.25, 0.3) is 0 Å². The van der Waals surface area contributed by atoms with Crippen molar-refractivity contribution in [2.24, 2.45) is 0 Å². The number of piperidine rings is 1. The molecule has 1 aliphatic heterocycles. The lowest BCUT2D eigenvalue weighted by molar-refractivity contribution is 0.327. The highest BCUT2D eigenvalue weighted by Gasteiger charge is 2.20. The molecule has 0 unspecified atom stereocenters. The van der Waals surface area contributed by atoms with Crippen LogP contribution in [0.3, 0.4) is 0 Å². The molecular formula is C20H21N. The van der Waals surface area contributed by atoms with Crippen molar-refractivity contribution in [2.45, 2.75) is 25.7 Å². The van der Waals surface area contributed by atoms with E-state index < -0.39 is 0 Å². The van der Waals surface area contributed by atoms with Crippen molar-refractivity contribution in [3.05, 3.63) is 70.8 Å². The molecular weight excluding hydrogens is 254 g/mol. The summed E-state index contributed by atoms with van der Waals surface area (Å²) in [6, 6.07) is 17.7. The fraction of sp³-hybridized carbons (Fsp3) is 0.300. The number of fused-ring (bicyclic) bond motifs is 2. The average Bonchev–Trinajstić information content (AvgIpc) is 2.72. The third-order valence-corrected chi connectivity index (χ3v) is 4.72. The molecule has 1 heterocycles. The van der Waals surface area contributed by atoms with E-state index in [1.807, 2.05) is 0 Å². The van der Waals surface area contributed by atoms with E-state index in [1.54, 1.807) is 0 Å². The van der Waals surface area contributed by atoms with Crippen molar-refractivity contribution in [3.63, 3.8) is 0 Å². The van der Waals surface area contributed by atoms with E-state index in [9.17, 15) is 0 Å². The first-order valence-electron chi connectivity index (χ1n) is 8.05. The number of nitrogens with zero attached hydrogens (tertiary/aromatic N) is 1. The van der Waals surface area contributed by atoms with Gasteiger partial charge in [-0.25, -0.2) is 0 Å². The molecule has 2 aliphatic rings. The van der Waals surface area contributed by atoms with Crippen LogP contribution in [0.5, 0.6) is 0 Å². The third kappa shape index (κ3) is 2.37. The highest BCUT2D eigenvalue weighted by molar-refractivity contribution is 5.84. The Bertz CT molecular complexity index is 678. The summed E-state index contributed by atoms with van der Waals surface area (Å²) in [5.41, 5.74) is 7.14. The van der Waals surface area contributed by atoms with Crippen molar-refractivity contribution >= 4 is 11.8 Å². The molecule has 0 bridgehead atoms. The lowest BCUT2D eigenvalue weighted by Crippen LogP contribution is -2.28. The molecule has 1 aliphatic carbocycles. The molecule has 106 valence electrons. The largest absolute Gasteiger partial charge is 0.371 e. The van der Waals surface area contributed by atoms with Crippen molar-refractivity contribution < 1.29 is 0 Å². The lowest BCUT2D eigenvalue weighted by atomic mass is 9.99. The zero-order chi connectivity index (χ0) is 14.1. The minimum atomic E-state index is 1.04. The van der Waals surface area contributed by atoms with Crippen molar-refractivity contribution in [2.75, 3.05) is 13.1 Å². The summed E-state index contributed by atoms with van der Waals surface area (Å²) < 4.78 is 0. The molecule has 0 aromatic heterocycles. The number of likely N-dealkylation sites (tertiary alicyclic amines) is 1. The molecule has 21 heavy (non-hydrogen) atoms. The van der Waals surface area contributed by atoms with Gasteiger partial charge in [0.05, 0.1) is 0 Å². The van der Waals surface area contributed by atoms with E-state index in [0.29, 0.717) is 0 Å². The van der Waals surface area contributed by atoms with Gasteiger partial charge in [-0.05, 0) is 48.4 Å². The van der Waals surface area contributed by atoms with Crippen LogP contribution in [0.15, 0.2) is 48.5 Å². The monoisotopic (exact) mass is 275 g/mol. The average molecular weight is 275 g/mol. The summed E-state index contributed by atoms with van der Waals surface area (Å²) in [6.45, 7) is 2.39. The Hall–Kier alpha value is -2.02. The van der Waals surface area contributed by atoms with Crippen LogP contribution in [0.2, 0.25) is 0 Å². The smallest absolute Gasteiger partial charge is 0.0448 e. The second-order valence-electron chi connectivity index (χ2n) is 6.11. The fourth-order valence-electron chi connectivity index (χ4n) is 3.59. The standard InChI is InChI=1S/C20H21N/c1-6-12-21(13-7-1)20-15-17-9-3-2-8-16(17)14-18-10-4-5-11-19(18)20/h2-5,8-11,15H,1,6-7,12-14H2. The van der Waals surface area contributed by atoms with Gasteiger partial charge in [0.15, 0.2) is 0 Å². The highest BCUT2D eigenvalue weighted by Crippen LogP contribution is 2.33. The molecule has 0 spiro atoms. The molecule has 0 atom stereocenters. The summed E-state index contributed by atoms with van der Waals surface area (Å²) in [7, 11) is 0. The number of rotatable bonds is 1. The Balaban J connectivity index is 1.87. The highest BCUT2D eigenvalue weighted by atomic mass is 15.1. The van der Waals surface area contributed by atoms with E-state index >= 15 is 0 Å². The van der Waals surface area contributed by atoms with Gasteiger partial charge in [-0.2, -0.15) is 0 Å².